The number of carbonyl (C=O) groups excluding carboxylic acids is 1. The minimum atomic E-state index is 0.163. The number of nitrogens with one attached hydrogen (secondary N) is 2. The summed E-state index contributed by atoms with van der Waals surface area (Å²) in [4.78, 5) is 14.7. The number of nitrogens with zero attached hydrogens (tertiary/aromatic N) is 1. The Morgan fingerprint density at radius 3 is 2.76 bits per heavy atom. The second kappa shape index (κ2) is 4.94. The van der Waals surface area contributed by atoms with Crippen molar-refractivity contribution < 1.29 is 4.79 Å². The molecule has 4 heteroatoms. The summed E-state index contributed by atoms with van der Waals surface area (Å²) in [7, 11) is 0. The monoisotopic (exact) mass is 237 g/mol. The molecular weight excluding hydrogens is 214 g/mol. The van der Waals surface area contributed by atoms with Crippen molar-refractivity contribution in [2.24, 2.45) is 5.92 Å². The number of hydrogen-bond donors (Lipinski definition) is 2. The molecule has 3 fully saturated rings. The normalized spacial score (nSPS) is 36.4. The third kappa shape index (κ3) is 2.20. The van der Waals surface area contributed by atoms with Gasteiger partial charge in [-0.1, -0.05) is 19.3 Å². The largest absolute Gasteiger partial charge is 0.353 e. The van der Waals surface area contributed by atoms with Gasteiger partial charge in [-0.2, -0.15) is 0 Å². The van der Waals surface area contributed by atoms with Crippen molar-refractivity contribution in [3.63, 3.8) is 0 Å². The Hall–Kier alpha value is -0.610. The molecule has 1 amide bonds. The van der Waals surface area contributed by atoms with Gasteiger partial charge in [0, 0.05) is 32.2 Å². The van der Waals surface area contributed by atoms with Gasteiger partial charge < -0.3 is 10.6 Å². The van der Waals surface area contributed by atoms with E-state index >= 15 is 0 Å². The van der Waals surface area contributed by atoms with Crippen molar-refractivity contribution in [2.75, 3.05) is 26.2 Å². The quantitative estimate of drug-likeness (QED) is 0.691. The number of fused-ring (bicyclic) bond motifs is 1. The van der Waals surface area contributed by atoms with E-state index in [2.05, 4.69) is 15.5 Å². The Labute approximate surface area is 103 Å². The van der Waals surface area contributed by atoms with E-state index in [1.807, 2.05) is 0 Å². The first-order chi connectivity index (χ1) is 8.36. The SMILES string of the molecule is O=C1NCC2CNCCN2C1C1CCCCC1. The molecule has 0 radical (unpaired) electrons. The maximum Gasteiger partial charge on any atom is 0.237 e. The molecule has 2 saturated heterocycles. The molecule has 0 aromatic carbocycles. The van der Waals surface area contributed by atoms with Crippen molar-refractivity contribution in [3.8, 4) is 0 Å². The van der Waals surface area contributed by atoms with Gasteiger partial charge in [-0.25, -0.2) is 0 Å². The van der Waals surface area contributed by atoms with Crippen LogP contribution >= 0.6 is 0 Å². The van der Waals surface area contributed by atoms with Crippen LogP contribution in [0.4, 0.5) is 0 Å². The third-order valence-electron chi connectivity index (χ3n) is 4.63. The van der Waals surface area contributed by atoms with Crippen LogP contribution in [0.1, 0.15) is 32.1 Å². The van der Waals surface area contributed by atoms with Gasteiger partial charge in [0.05, 0.1) is 6.04 Å². The van der Waals surface area contributed by atoms with Crippen LogP contribution in [0.5, 0.6) is 0 Å². The first-order valence-corrected chi connectivity index (χ1v) is 7.10. The van der Waals surface area contributed by atoms with Gasteiger partial charge in [0.15, 0.2) is 0 Å². The molecule has 2 N–H and O–H groups in total. The summed E-state index contributed by atoms with van der Waals surface area (Å²) in [5.41, 5.74) is 0. The lowest BCUT2D eigenvalue weighted by Crippen LogP contribution is -2.68. The molecule has 0 spiro atoms. The lowest BCUT2D eigenvalue weighted by Gasteiger charge is -2.47. The van der Waals surface area contributed by atoms with Crippen molar-refractivity contribution >= 4 is 5.91 Å². The van der Waals surface area contributed by atoms with Crippen LogP contribution in [-0.4, -0.2) is 49.1 Å². The highest BCUT2D eigenvalue weighted by Crippen LogP contribution is 2.31. The van der Waals surface area contributed by atoms with Crippen molar-refractivity contribution in [1.82, 2.24) is 15.5 Å². The molecular formula is C13H23N3O. The first-order valence-electron chi connectivity index (χ1n) is 7.10. The number of amides is 1. The van der Waals surface area contributed by atoms with E-state index in [1.165, 1.54) is 32.1 Å². The van der Waals surface area contributed by atoms with Crippen LogP contribution < -0.4 is 10.6 Å². The highest BCUT2D eigenvalue weighted by Gasteiger charge is 2.41. The topological polar surface area (TPSA) is 44.4 Å². The van der Waals surface area contributed by atoms with Crippen LogP contribution in [0.25, 0.3) is 0 Å². The molecule has 4 nitrogen and oxygen atoms in total. The van der Waals surface area contributed by atoms with Crippen molar-refractivity contribution in [2.45, 2.75) is 44.2 Å². The average Bonchev–Trinajstić information content (AvgIpc) is 2.39. The molecule has 1 saturated carbocycles. The molecule has 96 valence electrons. The molecule has 1 aliphatic carbocycles. The second-order valence-corrected chi connectivity index (χ2v) is 5.68. The first kappa shape index (κ1) is 11.5. The third-order valence-corrected chi connectivity index (χ3v) is 4.63. The zero-order valence-electron chi connectivity index (χ0n) is 10.5. The summed E-state index contributed by atoms with van der Waals surface area (Å²) >= 11 is 0. The van der Waals surface area contributed by atoms with Crippen LogP contribution in [-0.2, 0) is 4.79 Å². The van der Waals surface area contributed by atoms with Gasteiger partial charge in [-0.15, -0.1) is 0 Å². The molecule has 2 heterocycles. The molecule has 2 atom stereocenters. The summed E-state index contributed by atoms with van der Waals surface area (Å²) in [6.45, 7) is 3.94. The van der Waals surface area contributed by atoms with Crippen LogP contribution in [0.15, 0.2) is 0 Å². The van der Waals surface area contributed by atoms with E-state index in [4.69, 9.17) is 0 Å². The zero-order valence-corrected chi connectivity index (χ0v) is 10.5. The van der Waals surface area contributed by atoms with Crippen LogP contribution in [0.2, 0.25) is 0 Å². The Balaban J connectivity index is 1.75. The fourth-order valence-corrected chi connectivity index (χ4v) is 3.74. The van der Waals surface area contributed by atoms with Gasteiger partial charge >= 0.3 is 0 Å². The Morgan fingerprint density at radius 2 is 1.94 bits per heavy atom. The summed E-state index contributed by atoms with van der Waals surface area (Å²) in [5, 5.41) is 6.54. The van der Waals surface area contributed by atoms with Gasteiger partial charge in [-0.05, 0) is 18.8 Å². The minimum Gasteiger partial charge on any atom is -0.353 e. The standard InChI is InChI=1S/C13H23N3O/c17-13-12(10-4-2-1-3-5-10)16-7-6-14-8-11(16)9-15-13/h10-12,14H,1-9H2,(H,15,17). The maximum atomic E-state index is 12.2. The molecule has 2 aliphatic heterocycles. The van der Waals surface area contributed by atoms with Crippen molar-refractivity contribution in [3.05, 3.63) is 0 Å². The molecule has 3 rings (SSSR count). The summed E-state index contributed by atoms with van der Waals surface area (Å²) < 4.78 is 0. The number of carbonyl (C=O) groups is 1. The fourth-order valence-electron chi connectivity index (χ4n) is 3.74. The van der Waals surface area contributed by atoms with Gasteiger partial charge in [0.2, 0.25) is 5.91 Å². The van der Waals surface area contributed by atoms with Gasteiger partial charge in [-0.3, -0.25) is 9.69 Å². The molecule has 0 aromatic rings. The summed E-state index contributed by atoms with van der Waals surface area (Å²) in [5.74, 6) is 0.889. The summed E-state index contributed by atoms with van der Waals surface area (Å²) in [6, 6.07) is 0.685. The van der Waals surface area contributed by atoms with E-state index in [9.17, 15) is 4.79 Å². The Kier molecular flexibility index (Phi) is 3.34. The van der Waals surface area contributed by atoms with Crippen molar-refractivity contribution in [1.29, 1.82) is 0 Å². The number of rotatable bonds is 1. The lowest BCUT2D eigenvalue weighted by molar-refractivity contribution is -0.135. The van der Waals surface area contributed by atoms with E-state index in [0.29, 0.717) is 12.0 Å². The molecule has 0 aromatic heterocycles. The predicted octanol–water partition coefficient (Wildman–Crippen LogP) is 0.339. The zero-order chi connectivity index (χ0) is 11.7. The van der Waals surface area contributed by atoms with E-state index in [1.54, 1.807) is 0 Å². The fraction of sp³-hybridized carbons (Fsp3) is 0.923. The number of piperazine rings is 2. The smallest absolute Gasteiger partial charge is 0.237 e. The second-order valence-electron chi connectivity index (χ2n) is 5.68. The number of hydrogen-bond acceptors (Lipinski definition) is 3. The van der Waals surface area contributed by atoms with E-state index in [-0.39, 0.29) is 11.9 Å². The maximum absolute atomic E-state index is 12.2. The summed E-state index contributed by atoms with van der Waals surface area (Å²) in [6.07, 6.45) is 6.47. The van der Waals surface area contributed by atoms with Gasteiger partial charge in [0.25, 0.3) is 0 Å². The van der Waals surface area contributed by atoms with E-state index < -0.39 is 0 Å². The van der Waals surface area contributed by atoms with Crippen LogP contribution in [0.3, 0.4) is 0 Å². The molecule has 17 heavy (non-hydrogen) atoms. The molecule has 3 aliphatic rings. The van der Waals surface area contributed by atoms with Crippen LogP contribution in [0, 0.1) is 5.92 Å². The highest BCUT2D eigenvalue weighted by molar-refractivity contribution is 5.83. The minimum absolute atomic E-state index is 0.163. The lowest BCUT2D eigenvalue weighted by atomic mass is 9.81. The van der Waals surface area contributed by atoms with E-state index in [0.717, 1.165) is 26.2 Å². The Morgan fingerprint density at radius 1 is 1.12 bits per heavy atom. The highest BCUT2D eigenvalue weighted by atomic mass is 16.2. The molecule has 2 unspecified atom stereocenters. The van der Waals surface area contributed by atoms with Gasteiger partial charge in [0.1, 0.15) is 0 Å². The predicted molar refractivity (Wildman–Crippen MR) is 66.7 cm³/mol. The molecule has 0 bridgehead atoms. The average molecular weight is 237 g/mol. The Bertz CT molecular complexity index is 288.